The van der Waals surface area contributed by atoms with Crippen molar-refractivity contribution in [2.24, 2.45) is 5.92 Å². The Bertz CT molecular complexity index is 1040. The molecule has 2 heterocycles. The second kappa shape index (κ2) is 11.6. The summed E-state index contributed by atoms with van der Waals surface area (Å²) in [7, 11) is 0. The van der Waals surface area contributed by atoms with E-state index in [0.717, 1.165) is 13.1 Å². The number of nitrogens with one attached hydrogen (secondary N) is 1. The van der Waals surface area contributed by atoms with Crippen LogP contribution in [-0.2, 0) is 9.59 Å². The maximum atomic E-state index is 12.8. The van der Waals surface area contributed by atoms with E-state index in [1.165, 1.54) is 34.2 Å². The number of hydrogen-bond donors (Lipinski definition) is 1. The van der Waals surface area contributed by atoms with E-state index in [2.05, 4.69) is 68.9 Å². The fraction of sp³-hybridized carbons (Fsp3) is 0.360. The van der Waals surface area contributed by atoms with Crippen molar-refractivity contribution < 1.29 is 9.59 Å². The molecule has 34 heavy (non-hydrogen) atoms. The molecule has 0 aliphatic carbocycles. The van der Waals surface area contributed by atoms with E-state index in [1.54, 1.807) is 0 Å². The molecule has 0 spiro atoms. The number of anilines is 1. The number of rotatable bonds is 8. The summed E-state index contributed by atoms with van der Waals surface area (Å²) in [5.74, 6) is 0.200. The van der Waals surface area contributed by atoms with Gasteiger partial charge in [0.05, 0.1) is 11.8 Å². The van der Waals surface area contributed by atoms with Gasteiger partial charge in [-0.15, -0.1) is 10.2 Å². The SMILES string of the molecule is CC(C)C(=O)Nc1nnc(SCC(=O)N2CCN(C(c3ccccc3)c3ccccc3)CC2)s1. The quantitative estimate of drug-likeness (QED) is 0.374. The molecule has 1 aromatic heterocycles. The van der Waals surface area contributed by atoms with Gasteiger partial charge in [-0.25, -0.2) is 0 Å². The molecule has 1 aliphatic rings. The van der Waals surface area contributed by atoms with Crippen molar-refractivity contribution in [2.75, 3.05) is 37.2 Å². The Morgan fingerprint density at radius 2 is 1.53 bits per heavy atom. The number of thioether (sulfide) groups is 1. The number of carbonyl (C=O) groups excluding carboxylic acids is 2. The fourth-order valence-electron chi connectivity index (χ4n) is 3.90. The summed E-state index contributed by atoms with van der Waals surface area (Å²) < 4.78 is 0.680. The van der Waals surface area contributed by atoms with Crippen molar-refractivity contribution in [1.29, 1.82) is 0 Å². The van der Waals surface area contributed by atoms with Gasteiger partial charge in [0, 0.05) is 32.1 Å². The predicted molar refractivity (Wildman–Crippen MR) is 137 cm³/mol. The number of hydrogen-bond acceptors (Lipinski definition) is 7. The van der Waals surface area contributed by atoms with Crippen molar-refractivity contribution >= 4 is 40.0 Å². The first kappa shape index (κ1) is 24.4. The van der Waals surface area contributed by atoms with Gasteiger partial charge in [0.2, 0.25) is 16.9 Å². The van der Waals surface area contributed by atoms with Gasteiger partial charge in [0.15, 0.2) is 4.34 Å². The third-order valence-corrected chi connectivity index (χ3v) is 7.70. The first-order valence-corrected chi connectivity index (χ1v) is 13.2. The molecule has 0 radical (unpaired) electrons. The monoisotopic (exact) mass is 495 g/mol. The normalized spacial score (nSPS) is 14.5. The van der Waals surface area contributed by atoms with Crippen LogP contribution in [0.1, 0.15) is 31.0 Å². The summed E-state index contributed by atoms with van der Waals surface area (Å²) in [6.45, 7) is 6.67. The third-order valence-electron chi connectivity index (χ3n) is 5.74. The predicted octanol–water partition coefficient (Wildman–Crippen LogP) is 4.16. The average molecular weight is 496 g/mol. The summed E-state index contributed by atoms with van der Waals surface area (Å²) in [5.41, 5.74) is 2.53. The molecule has 2 amide bonds. The highest BCUT2D eigenvalue weighted by atomic mass is 32.2. The lowest BCUT2D eigenvalue weighted by molar-refractivity contribution is -0.130. The van der Waals surface area contributed by atoms with Crippen LogP contribution in [0.25, 0.3) is 0 Å². The van der Waals surface area contributed by atoms with Crippen LogP contribution in [-0.4, -0.2) is 63.7 Å². The molecule has 0 atom stereocenters. The molecule has 178 valence electrons. The van der Waals surface area contributed by atoms with Crippen LogP contribution in [0.2, 0.25) is 0 Å². The third kappa shape index (κ3) is 6.22. The maximum Gasteiger partial charge on any atom is 0.233 e. The molecule has 0 saturated carbocycles. The molecule has 1 fully saturated rings. The molecule has 7 nitrogen and oxygen atoms in total. The highest BCUT2D eigenvalue weighted by molar-refractivity contribution is 8.01. The second-order valence-electron chi connectivity index (χ2n) is 8.45. The molecule has 0 unspecified atom stereocenters. The van der Waals surface area contributed by atoms with Crippen molar-refractivity contribution in [3.63, 3.8) is 0 Å². The first-order chi connectivity index (χ1) is 16.5. The van der Waals surface area contributed by atoms with Crippen molar-refractivity contribution in [1.82, 2.24) is 20.0 Å². The van der Waals surface area contributed by atoms with E-state index in [9.17, 15) is 9.59 Å². The molecule has 4 rings (SSSR count). The van der Waals surface area contributed by atoms with Crippen molar-refractivity contribution in [3.8, 4) is 0 Å². The molecule has 1 aliphatic heterocycles. The molecular formula is C25H29N5O2S2. The summed E-state index contributed by atoms with van der Waals surface area (Å²) in [4.78, 5) is 29.0. The van der Waals surface area contributed by atoms with E-state index < -0.39 is 0 Å². The molecular weight excluding hydrogens is 466 g/mol. The highest BCUT2D eigenvalue weighted by Gasteiger charge is 2.28. The van der Waals surface area contributed by atoms with Gasteiger partial charge >= 0.3 is 0 Å². The van der Waals surface area contributed by atoms with E-state index in [0.29, 0.717) is 28.3 Å². The van der Waals surface area contributed by atoms with Crippen LogP contribution in [0.3, 0.4) is 0 Å². The minimum atomic E-state index is -0.122. The van der Waals surface area contributed by atoms with Gasteiger partial charge in [0.25, 0.3) is 0 Å². The lowest BCUT2D eigenvalue weighted by Gasteiger charge is -2.39. The smallest absolute Gasteiger partial charge is 0.233 e. The average Bonchev–Trinajstić information content (AvgIpc) is 3.31. The van der Waals surface area contributed by atoms with Gasteiger partial charge < -0.3 is 10.2 Å². The van der Waals surface area contributed by atoms with Gasteiger partial charge in [-0.1, -0.05) is 97.6 Å². The van der Waals surface area contributed by atoms with Gasteiger partial charge in [0.1, 0.15) is 0 Å². The molecule has 2 aromatic carbocycles. The minimum Gasteiger partial charge on any atom is -0.339 e. The molecule has 3 aromatic rings. The Kier molecular flexibility index (Phi) is 8.31. The van der Waals surface area contributed by atoms with E-state index >= 15 is 0 Å². The number of piperazine rings is 1. The number of amides is 2. The number of nitrogens with zero attached hydrogens (tertiary/aromatic N) is 4. The highest BCUT2D eigenvalue weighted by Crippen LogP contribution is 2.30. The lowest BCUT2D eigenvalue weighted by Crippen LogP contribution is -2.50. The summed E-state index contributed by atoms with van der Waals surface area (Å²) in [5, 5.41) is 11.3. The number of benzene rings is 2. The van der Waals surface area contributed by atoms with Crippen LogP contribution in [0.15, 0.2) is 65.0 Å². The lowest BCUT2D eigenvalue weighted by atomic mass is 9.96. The molecule has 1 N–H and O–H groups in total. The standard InChI is InChI=1S/C25H29N5O2S2/c1-18(2)23(32)26-24-27-28-25(34-24)33-17-21(31)29-13-15-30(16-14-29)22(19-9-5-3-6-10-19)20-11-7-4-8-12-20/h3-12,18,22H,13-17H2,1-2H3,(H,26,27,32). The molecule has 9 heteroatoms. The van der Waals surface area contributed by atoms with Crippen molar-refractivity contribution in [3.05, 3.63) is 71.8 Å². The molecule has 0 bridgehead atoms. The van der Waals surface area contributed by atoms with Crippen LogP contribution in [0.4, 0.5) is 5.13 Å². The molecule has 1 saturated heterocycles. The largest absolute Gasteiger partial charge is 0.339 e. The Morgan fingerprint density at radius 1 is 0.941 bits per heavy atom. The Hall–Kier alpha value is -2.75. The zero-order valence-electron chi connectivity index (χ0n) is 19.4. The summed E-state index contributed by atoms with van der Waals surface area (Å²) >= 11 is 2.66. The Morgan fingerprint density at radius 3 is 2.09 bits per heavy atom. The minimum absolute atomic E-state index is 0.0917. The number of carbonyl (C=O) groups is 2. The van der Waals surface area contributed by atoms with E-state index in [4.69, 9.17) is 0 Å². The maximum absolute atomic E-state index is 12.8. The van der Waals surface area contributed by atoms with Gasteiger partial charge in [-0.2, -0.15) is 0 Å². The van der Waals surface area contributed by atoms with E-state index in [-0.39, 0.29) is 23.8 Å². The van der Waals surface area contributed by atoms with Crippen LogP contribution in [0.5, 0.6) is 0 Å². The first-order valence-electron chi connectivity index (χ1n) is 11.4. The fourth-order valence-corrected chi connectivity index (χ4v) is 5.56. The topological polar surface area (TPSA) is 78.4 Å². The van der Waals surface area contributed by atoms with E-state index in [1.807, 2.05) is 30.9 Å². The van der Waals surface area contributed by atoms with Crippen molar-refractivity contribution in [2.45, 2.75) is 24.2 Å². The second-order valence-corrected chi connectivity index (χ2v) is 10.6. The number of aromatic nitrogens is 2. The van der Waals surface area contributed by atoms with Gasteiger partial charge in [-0.3, -0.25) is 14.5 Å². The van der Waals surface area contributed by atoms with Gasteiger partial charge in [-0.05, 0) is 11.1 Å². The Labute approximate surface area is 208 Å². The zero-order valence-corrected chi connectivity index (χ0v) is 21.0. The zero-order chi connectivity index (χ0) is 23.9. The van der Waals surface area contributed by atoms with Crippen LogP contribution >= 0.6 is 23.1 Å². The van der Waals surface area contributed by atoms with Crippen LogP contribution in [0, 0.1) is 5.92 Å². The summed E-state index contributed by atoms with van der Waals surface area (Å²) in [6, 6.07) is 21.3. The van der Waals surface area contributed by atoms with Crippen LogP contribution < -0.4 is 5.32 Å². The summed E-state index contributed by atoms with van der Waals surface area (Å²) in [6.07, 6.45) is 0. The Balaban J connectivity index is 1.32.